The van der Waals surface area contributed by atoms with Gasteiger partial charge in [-0.05, 0) is 145 Å². The number of alkyl halides is 3. The monoisotopic (exact) mass is 1070 g/mol. The number of thiophene rings is 2. The molecule has 13 heteroatoms. The van der Waals surface area contributed by atoms with Crippen LogP contribution in [0.15, 0.2) is 133 Å². The van der Waals surface area contributed by atoms with Gasteiger partial charge in [-0.3, -0.25) is 9.59 Å². The van der Waals surface area contributed by atoms with Crippen molar-refractivity contribution in [3.8, 4) is 55.4 Å². The van der Waals surface area contributed by atoms with Crippen LogP contribution in [0.2, 0.25) is 0 Å². The Morgan fingerprint density at radius 2 is 0.841 bits per heavy atom. The van der Waals surface area contributed by atoms with Gasteiger partial charge in [0.05, 0.1) is 35.0 Å². The van der Waals surface area contributed by atoms with E-state index in [1.165, 1.54) is 12.1 Å². The predicted molar refractivity (Wildman–Crippen MR) is 269 cm³/mol. The molecule has 0 aliphatic heterocycles. The molecule has 0 amide bonds. The summed E-state index contributed by atoms with van der Waals surface area (Å²) in [5.74, 6) is 3.83. The van der Waals surface area contributed by atoms with Crippen molar-refractivity contribution in [2.75, 3.05) is 51.0 Å². The van der Waals surface area contributed by atoms with Crippen LogP contribution in [-0.2, 0) is 0 Å². The van der Waals surface area contributed by atoms with Crippen molar-refractivity contribution in [2.45, 2.75) is 0 Å². The van der Waals surface area contributed by atoms with Gasteiger partial charge in [0.1, 0.15) is 34.5 Å². The molecule has 0 saturated carbocycles. The van der Waals surface area contributed by atoms with Crippen molar-refractivity contribution >= 4 is 102 Å². The smallest absolute Gasteiger partial charge is 0.195 e. The molecule has 63 heavy (non-hydrogen) atoms. The van der Waals surface area contributed by atoms with Gasteiger partial charge in [-0.2, -0.15) is 0 Å². The second-order valence-corrected chi connectivity index (χ2v) is 17.9. The molecule has 8 aromatic rings. The molecule has 2 aromatic heterocycles. The minimum atomic E-state index is -0.0813. The fourth-order valence-electron chi connectivity index (χ4n) is 6.51. The Morgan fingerprint density at radius 3 is 1.21 bits per heavy atom. The van der Waals surface area contributed by atoms with E-state index in [0.29, 0.717) is 28.9 Å². The van der Waals surface area contributed by atoms with Gasteiger partial charge in [-0.15, -0.1) is 22.7 Å². The highest BCUT2D eigenvalue weighted by Crippen LogP contribution is 2.43. The predicted octanol–water partition coefficient (Wildman–Crippen LogP) is 13.9. The Bertz CT molecular complexity index is 2760. The quantitative estimate of drug-likeness (QED) is 0.0849. The standard InChI is InChI=1S/C25H21BrO4S.C23H18O4S.C2H4Br2/c1-28-18-7-5-17(6-8-18)25-23(21-12-11-20(29-2)15-22(21)31-25)24(27)16-3-9-19(10-4-16)30-14-13-26;1-26-17-9-5-15(6-10-17)23-21(22(25)14-3-7-16(24)8-4-14)19-12-11-18(27-2)13-20(19)28-23;3-1-2-4/h3-12,15H,13-14H2,1-2H3;3-13,24H,1-2H3;1-2H2. The number of benzene rings is 6. The summed E-state index contributed by atoms with van der Waals surface area (Å²) in [6.07, 6.45) is 0. The van der Waals surface area contributed by atoms with Gasteiger partial charge in [0.15, 0.2) is 11.6 Å². The lowest BCUT2D eigenvalue weighted by Gasteiger charge is -2.08. The first-order valence-electron chi connectivity index (χ1n) is 19.5. The minimum Gasteiger partial charge on any atom is -0.508 e. The van der Waals surface area contributed by atoms with Crippen LogP contribution in [0.5, 0.6) is 34.5 Å². The average molecular weight is 1080 g/mol. The molecule has 8 rings (SSSR count). The summed E-state index contributed by atoms with van der Waals surface area (Å²) in [6, 6.07) is 40.6. The van der Waals surface area contributed by atoms with E-state index in [1.807, 2.05) is 109 Å². The number of phenols is 1. The molecule has 0 fully saturated rings. The van der Waals surface area contributed by atoms with Crippen molar-refractivity contribution < 1.29 is 38.4 Å². The van der Waals surface area contributed by atoms with Crippen molar-refractivity contribution in [3.05, 3.63) is 156 Å². The number of ether oxygens (including phenoxy) is 5. The molecule has 0 saturated heterocycles. The van der Waals surface area contributed by atoms with E-state index in [0.717, 1.165) is 85.8 Å². The Balaban J connectivity index is 0.000000194. The summed E-state index contributed by atoms with van der Waals surface area (Å²) in [7, 11) is 6.54. The number of phenolic OH excluding ortho intramolecular Hbond substituents is 1. The SMILES string of the molecule is BrCCBr.COc1ccc(-c2sc3cc(OC)ccc3c2C(=O)c2ccc(O)cc2)cc1.COc1ccc(-c2sc3cc(OC)ccc3c2C(=O)c2ccc(OCCBr)cc2)cc1. The zero-order valence-electron chi connectivity index (χ0n) is 34.8. The molecule has 324 valence electrons. The number of carbonyl (C=O) groups is 2. The largest absolute Gasteiger partial charge is 0.508 e. The van der Waals surface area contributed by atoms with Gasteiger partial charge < -0.3 is 28.8 Å². The molecule has 1 N–H and O–H groups in total. The van der Waals surface area contributed by atoms with Crippen molar-refractivity contribution in [2.24, 2.45) is 0 Å². The Hall–Kier alpha value is -5.18. The van der Waals surface area contributed by atoms with E-state index in [1.54, 1.807) is 63.2 Å². The lowest BCUT2D eigenvalue weighted by atomic mass is 9.97. The number of ketones is 2. The third-order valence-corrected chi connectivity index (χ3v) is 14.2. The van der Waals surface area contributed by atoms with Crippen LogP contribution in [0.4, 0.5) is 0 Å². The van der Waals surface area contributed by atoms with Crippen molar-refractivity contribution in [1.82, 2.24) is 0 Å². The number of aromatic hydroxyl groups is 1. The number of hydrogen-bond acceptors (Lipinski definition) is 10. The minimum absolute atomic E-state index is 0.0192. The van der Waals surface area contributed by atoms with Crippen LogP contribution in [0, 0.1) is 0 Å². The molecule has 8 nitrogen and oxygen atoms in total. The molecule has 0 bridgehead atoms. The van der Waals surface area contributed by atoms with Crippen molar-refractivity contribution in [3.63, 3.8) is 0 Å². The van der Waals surface area contributed by atoms with Crippen LogP contribution in [0.3, 0.4) is 0 Å². The first-order valence-corrected chi connectivity index (χ1v) is 24.5. The Morgan fingerprint density at radius 1 is 0.476 bits per heavy atom. The van der Waals surface area contributed by atoms with Crippen LogP contribution < -0.4 is 23.7 Å². The fourth-order valence-corrected chi connectivity index (χ4v) is 9.14. The van der Waals surface area contributed by atoms with E-state index in [4.69, 9.17) is 23.7 Å². The number of fused-ring (bicyclic) bond motifs is 2. The van der Waals surface area contributed by atoms with Gasteiger partial charge in [0, 0.05) is 68.2 Å². The number of methoxy groups -OCH3 is 4. The molecule has 2 heterocycles. The highest BCUT2D eigenvalue weighted by atomic mass is 79.9. The third kappa shape index (κ3) is 11.5. The van der Waals surface area contributed by atoms with Crippen LogP contribution in [0.1, 0.15) is 31.8 Å². The van der Waals surface area contributed by atoms with E-state index in [9.17, 15) is 14.7 Å². The highest BCUT2D eigenvalue weighted by Gasteiger charge is 2.24. The van der Waals surface area contributed by atoms with E-state index < -0.39 is 0 Å². The first kappa shape index (κ1) is 47.3. The molecule has 0 aliphatic carbocycles. The van der Waals surface area contributed by atoms with Crippen LogP contribution >= 0.6 is 70.5 Å². The third-order valence-electron chi connectivity index (χ3n) is 9.62. The maximum absolute atomic E-state index is 13.6. The van der Waals surface area contributed by atoms with Gasteiger partial charge in [0.2, 0.25) is 0 Å². The zero-order valence-corrected chi connectivity index (χ0v) is 41.2. The molecule has 0 unspecified atom stereocenters. The topological polar surface area (TPSA) is 101 Å². The average Bonchev–Trinajstić information content (AvgIpc) is 3.92. The summed E-state index contributed by atoms with van der Waals surface area (Å²) in [5, 5.41) is 14.2. The molecular weight excluding hydrogens is 1030 g/mol. The number of carbonyl (C=O) groups excluding carboxylic acids is 2. The summed E-state index contributed by atoms with van der Waals surface area (Å²) in [5.41, 5.74) is 4.42. The first-order chi connectivity index (χ1) is 30.7. The van der Waals surface area contributed by atoms with Gasteiger partial charge >= 0.3 is 0 Å². The molecular formula is C50H43Br3O8S2. The maximum Gasteiger partial charge on any atom is 0.195 e. The second kappa shape index (κ2) is 23.0. The number of halogens is 3. The second-order valence-electron chi connectivity index (χ2n) is 13.4. The highest BCUT2D eigenvalue weighted by molar-refractivity contribution is 9.12. The summed E-state index contributed by atoms with van der Waals surface area (Å²) in [6.45, 7) is 0.575. The maximum atomic E-state index is 13.6. The van der Waals surface area contributed by atoms with E-state index >= 15 is 0 Å². The Kier molecular flexibility index (Phi) is 17.2. The van der Waals surface area contributed by atoms with Crippen LogP contribution in [-0.4, -0.2) is 67.7 Å². The molecule has 0 atom stereocenters. The molecule has 6 aromatic carbocycles. The molecule has 0 spiro atoms. The zero-order chi connectivity index (χ0) is 44.9. The summed E-state index contributed by atoms with van der Waals surface area (Å²) < 4.78 is 28.9. The number of rotatable bonds is 14. The lowest BCUT2D eigenvalue weighted by molar-refractivity contribution is 0.103. The van der Waals surface area contributed by atoms with Gasteiger partial charge in [-0.1, -0.05) is 47.8 Å². The lowest BCUT2D eigenvalue weighted by Crippen LogP contribution is -2.03. The van der Waals surface area contributed by atoms with E-state index in [2.05, 4.69) is 47.8 Å². The molecule has 0 aliphatic rings. The van der Waals surface area contributed by atoms with E-state index in [-0.39, 0.29) is 17.3 Å². The fraction of sp³-hybridized carbons (Fsp3) is 0.160. The summed E-state index contributed by atoms with van der Waals surface area (Å²) in [4.78, 5) is 28.8. The van der Waals surface area contributed by atoms with Gasteiger partial charge in [0.25, 0.3) is 0 Å². The number of hydrogen-bond donors (Lipinski definition) is 1. The van der Waals surface area contributed by atoms with Crippen LogP contribution in [0.25, 0.3) is 41.1 Å². The molecule has 0 radical (unpaired) electrons. The normalized spacial score (nSPS) is 10.6. The summed E-state index contributed by atoms with van der Waals surface area (Å²) >= 11 is 12.9. The van der Waals surface area contributed by atoms with Gasteiger partial charge in [-0.25, -0.2) is 0 Å². The van der Waals surface area contributed by atoms with Crippen molar-refractivity contribution in [1.29, 1.82) is 0 Å². The Labute approximate surface area is 399 Å².